The van der Waals surface area contributed by atoms with E-state index < -0.39 is 0 Å². The van der Waals surface area contributed by atoms with Crippen molar-refractivity contribution in [2.45, 2.75) is 25.4 Å². The Hall–Kier alpha value is -4.10. The highest BCUT2D eigenvalue weighted by molar-refractivity contribution is 5.57. The Kier molecular flexibility index (Phi) is 5.32. The zero-order valence-electron chi connectivity index (χ0n) is 18.4. The first-order chi connectivity index (χ1) is 16.1. The summed E-state index contributed by atoms with van der Waals surface area (Å²) in [6.45, 7) is 1.30. The van der Waals surface area contributed by atoms with Gasteiger partial charge in [-0.05, 0) is 41.8 Å². The van der Waals surface area contributed by atoms with Crippen LogP contribution in [0, 0.1) is 11.3 Å². The van der Waals surface area contributed by atoms with Gasteiger partial charge in [0.2, 0.25) is 11.8 Å². The summed E-state index contributed by atoms with van der Waals surface area (Å²) in [7, 11) is 3.24. The number of methoxy groups -OCH3 is 2. The summed E-state index contributed by atoms with van der Waals surface area (Å²) in [5.41, 5.74) is 9.76. The fourth-order valence-corrected chi connectivity index (χ4v) is 4.37. The van der Waals surface area contributed by atoms with Crippen molar-refractivity contribution in [3.8, 4) is 29.2 Å². The zero-order valence-corrected chi connectivity index (χ0v) is 18.4. The first-order valence-corrected chi connectivity index (χ1v) is 10.5. The van der Waals surface area contributed by atoms with Crippen LogP contribution in [0.2, 0.25) is 0 Å². The lowest BCUT2D eigenvalue weighted by Gasteiger charge is -2.36. The lowest BCUT2D eigenvalue weighted by Crippen LogP contribution is -2.35. The fraction of sp³-hybridized carbons (Fsp3) is 0.304. The molecule has 0 radical (unpaired) electrons. The van der Waals surface area contributed by atoms with Gasteiger partial charge in [0.1, 0.15) is 0 Å². The summed E-state index contributed by atoms with van der Waals surface area (Å²) < 4.78 is 17.9. The second-order valence-corrected chi connectivity index (χ2v) is 7.79. The van der Waals surface area contributed by atoms with E-state index in [2.05, 4.69) is 26.0 Å². The SMILES string of the molecule is COc1cc2c(cc1OC)C(CC#N)N(Cc1cnc(N)n3nc(-c4ccco4)nc13)CC2. The molecule has 3 aromatic heterocycles. The molecule has 1 aliphatic rings. The average molecular weight is 445 g/mol. The molecule has 0 bridgehead atoms. The van der Waals surface area contributed by atoms with Crippen LogP contribution in [0.1, 0.15) is 29.2 Å². The van der Waals surface area contributed by atoms with E-state index >= 15 is 0 Å². The van der Waals surface area contributed by atoms with Crippen molar-refractivity contribution >= 4 is 11.6 Å². The molecule has 5 rings (SSSR count). The minimum atomic E-state index is -0.108. The van der Waals surface area contributed by atoms with Gasteiger partial charge in [0, 0.05) is 30.9 Å². The monoisotopic (exact) mass is 445 g/mol. The van der Waals surface area contributed by atoms with Gasteiger partial charge in [-0.3, -0.25) is 4.90 Å². The molecule has 0 saturated heterocycles. The largest absolute Gasteiger partial charge is 0.493 e. The molecule has 0 saturated carbocycles. The Morgan fingerprint density at radius 2 is 2.09 bits per heavy atom. The number of benzene rings is 1. The number of furan rings is 1. The Morgan fingerprint density at radius 3 is 2.82 bits per heavy atom. The van der Waals surface area contributed by atoms with Crippen molar-refractivity contribution in [3.05, 3.63) is 53.4 Å². The second kappa shape index (κ2) is 8.44. The summed E-state index contributed by atoms with van der Waals surface area (Å²) in [5.74, 6) is 2.58. The number of nitrogens with zero attached hydrogens (tertiary/aromatic N) is 6. The number of nitriles is 1. The van der Waals surface area contributed by atoms with Gasteiger partial charge < -0.3 is 19.6 Å². The number of ether oxygens (including phenoxy) is 2. The molecule has 4 aromatic rings. The van der Waals surface area contributed by atoms with Crippen molar-refractivity contribution in [3.63, 3.8) is 0 Å². The van der Waals surface area contributed by atoms with Crippen LogP contribution in [0.3, 0.4) is 0 Å². The molecule has 168 valence electrons. The minimum Gasteiger partial charge on any atom is -0.493 e. The smallest absolute Gasteiger partial charge is 0.223 e. The maximum absolute atomic E-state index is 9.57. The van der Waals surface area contributed by atoms with Crippen LogP contribution in [-0.2, 0) is 13.0 Å². The Morgan fingerprint density at radius 1 is 1.27 bits per heavy atom. The first kappa shape index (κ1) is 20.8. The predicted octanol–water partition coefficient (Wildman–Crippen LogP) is 3.00. The third-order valence-corrected chi connectivity index (χ3v) is 5.98. The highest BCUT2D eigenvalue weighted by Gasteiger charge is 2.30. The van der Waals surface area contributed by atoms with E-state index in [1.165, 1.54) is 4.52 Å². The molecule has 0 spiro atoms. The third-order valence-electron chi connectivity index (χ3n) is 5.98. The quantitative estimate of drug-likeness (QED) is 0.476. The van der Waals surface area contributed by atoms with Crippen molar-refractivity contribution in [1.29, 1.82) is 5.26 Å². The molecule has 33 heavy (non-hydrogen) atoms. The van der Waals surface area contributed by atoms with Crippen LogP contribution >= 0.6 is 0 Å². The van der Waals surface area contributed by atoms with Gasteiger partial charge in [-0.25, -0.2) is 9.97 Å². The molecule has 0 fully saturated rings. The van der Waals surface area contributed by atoms with Crippen LogP contribution in [-0.4, -0.2) is 45.2 Å². The minimum absolute atomic E-state index is 0.108. The normalized spacial score (nSPS) is 15.8. The van der Waals surface area contributed by atoms with Crippen LogP contribution in [0.5, 0.6) is 11.5 Å². The number of aromatic nitrogens is 4. The van der Waals surface area contributed by atoms with Gasteiger partial charge >= 0.3 is 0 Å². The molecule has 1 aliphatic heterocycles. The zero-order chi connectivity index (χ0) is 22.9. The molecule has 10 nitrogen and oxygen atoms in total. The fourth-order valence-electron chi connectivity index (χ4n) is 4.37. The summed E-state index contributed by atoms with van der Waals surface area (Å²) in [5, 5.41) is 14.0. The van der Waals surface area contributed by atoms with Gasteiger partial charge in [-0.15, -0.1) is 5.10 Å². The summed E-state index contributed by atoms with van der Waals surface area (Å²) in [6.07, 6.45) is 4.45. The maximum Gasteiger partial charge on any atom is 0.223 e. The molecule has 2 N–H and O–H groups in total. The predicted molar refractivity (Wildman–Crippen MR) is 120 cm³/mol. The standard InChI is InChI=1S/C23H23N7O3/c1-31-19-10-14-6-8-29(17(5-7-24)16(14)11-20(19)32-2)13-15-12-26-23(25)30-22(15)27-21(28-30)18-4-3-9-33-18/h3-4,9-12,17H,5-6,8,13H2,1-2H3,(H2,25,26). The number of fused-ring (bicyclic) bond motifs is 2. The van der Waals surface area contributed by atoms with Crippen LogP contribution in [0.25, 0.3) is 17.2 Å². The second-order valence-electron chi connectivity index (χ2n) is 7.79. The van der Waals surface area contributed by atoms with Gasteiger partial charge in [-0.1, -0.05) is 0 Å². The van der Waals surface area contributed by atoms with Crippen molar-refractivity contribution in [2.75, 3.05) is 26.5 Å². The van der Waals surface area contributed by atoms with Crippen molar-refractivity contribution in [2.24, 2.45) is 0 Å². The average Bonchev–Trinajstić information content (AvgIpc) is 3.52. The van der Waals surface area contributed by atoms with E-state index in [1.807, 2.05) is 12.1 Å². The Bertz CT molecular complexity index is 1340. The van der Waals surface area contributed by atoms with E-state index in [9.17, 15) is 5.26 Å². The van der Waals surface area contributed by atoms with Gasteiger partial charge in [-0.2, -0.15) is 9.78 Å². The number of rotatable bonds is 6. The number of nitrogen functional groups attached to an aromatic ring is 1. The third kappa shape index (κ3) is 3.62. The Labute approximate surface area is 190 Å². The molecule has 4 heterocycles. The van der Waals surface area contributed by atoms with Crippen molar-refractivity contribution < 1.29 is 13.9 Å². The topological polar surface area (TPSA) is 128 Å². The van der Waals surface area contributed by atoms with E-state index in [1.54, 1.807) is 38.8 Å². The lowest BCUT2D eigenvalue weighted by molar-refractivity contribution is 0.178. The van der Waals surface area contributed by atoms with E-state index in [0.717, 1.165) is 29.7 Å². The molecule has 0 amide bonds. The van der Waals surface area contributed by atoms with Crippen LogP contribution in [0.4, 0.5) is 5.95 Å². The molecular weight excluding hydrogens is 422 g/mol. The molecule has 0 aliphatic carbocycles. The number of hydrogen-bond donors (Lipinski definition) is 1. The maximum atomic E-state index is 9.57. The molecule has 1 unspecified atom stereocenters. The van der Waals surface area contributed by atoms with Gasteiger partial charge in [0.15, 0.2) is 22.9 Å². The van der Waals surface area contributed by atoms with Crippen LogP contribution in [0.15, 0.2) is 41.1 Å². The summed E-state index contributed by atoms with van der Waals surface area (Å²) in [6, 6.07) is 9.79. The van der Waals surface area contributed by atoms with E-state index in [0.29, 0.717) is 41.7 Å². The highest BCUT2D eigenvalue weighted by Crippen LogP contribution is 2.40. The summed E-state index contributed by atoms with van der Waals surface area (Å²) in [4.78, 5) is 11.2. The molecule has 10 heteroatoms. The molecule has 1 atom stereocenters. The van der Waals surface area contributed by atoms with E-state index in [4.69, 9.17) is 19.6 Å². The number of anilines is 1. The van der Waals surface area contributed by atoms with E-state index in [-0.39, 0.29) is 12.0 Å². The molecular formula is C23H23N7O3. The first-order valence-electron chi connectivity index (χ1n) is 10.5. The van der Waals surface area contributed by atoms with Crippen molar-refractivity contribution in [1.82, 2.24) is 24.5 Å². The molecule has 1 aromatic carbocycles. The summed E-state index contributed by atoms with van der Waals surface area (Å²) >= 11 is 0. The van der Waals surface area contributed by atoms with Crippen LogP contribution < -0.4 is 15.2 Å². The number of hydrogen-bond acceptors (Lipinski definition) is 9. The lowest BCUT2D eigenvalue weighted by atomic mass is 9.90. The highest BCUT2D eigenvalue weighted by atomic mass is 16.5. The Balaban J connectivity index is 1.53. The van der Waals surface area contributed by atoms with Gasteiger partial charge in [0.25, 0.3) is 0 Å². The van der Waals surface area contributed by atoms with Gasteiger partial charge in [0.05, 0.1) is 33.0 Å². The number of nitrogens with two attached hydrogens (primary N) is 1.